The minimum Gasteiger partial charge on any atom is -0.369 e. The number of hydrogen-bond acceptors (Lipinski definition) is 4. The lowest BCUT2D eigenvalue weighted by Gasteiger charge is -2.35. The first-order valence-electron chi connectivity index (χ1n) is 7.56. The maximum atomic E-state index is 12.1. The highest BCUT2D eigenvalue weighted by molar-refractivity contribution is 6.28. The van der Waals surface area contributed by atoms with Crippen LogP contribution in [0.3, 0.4) is 0 Å². The van der Waals surface area contributed by atoms with Crippen LogP contribution in [-0.4, -0.2) is 28.0 Å². The molecule has 6 heteroatoms. The van der Waals surface area contributed by atoms with E-state index in [2.05, 4.69) is 34.4 Å². The molecule has 1 saturated heterocycles. The van der Waals surface area contributed by atoms with Crippen LogP contribution in [0.5, 0.6) is 0 Å². The Morgan fingerprint density at radius 3 is 2.95 bits per heavy atom. The third kappa shape index (κ3) is 3.12. The molecule has 1 fully saturated rings. The van der Waals surface area contributed by atoms with Gasteiger partial charge in [-0.3, -0.25) is 4.79 Å². The summed E-state index contributed by atoms with van der Waals surface area (Å²) >= 11 is 5.97. The molecule has 1 amide bonds. The molecule has 2 N–H and O–H groups in total. The zero-order valence-corrected chi connectivity index (χ0v) is 13.3. The number of nitrogens with one attached hydrogen (secondary N) is 2. The van der Waals surface area contributed by atoms with Crippen molar-refractivity contribution in [1.82, 2.24) is 15.3 Å². The van der Waals surface area contributed by atoms with Gasteiger partial charge in [0.25, 0.3) is 0 Å². The van der Waals surface area contributed by atoms with Crippen LogP contribution in [0.25, 0.3) is 0 Å². The number of hydrogen-bond donors (Lipinski definition) is 2. The maximum absolute atomic E-state index is 12.1. The van der Waals surface area contributed by atoms with Gasteiger partial charge in [0.15, 0.2) is 0 Å². The first kappa shape index (κ1) is 14.6. The fourth-order valence-corrected chi connectivity index (χ4v) is 3.31. The highest BCUT2D eigenvalue weighted by atomic mass is 35.5. The van der Waals surface area contributed by atoms with Crippen molar-refractivity contribution in [1.29, 1.82) is 0 Å². The minimum absolute atomic E-state index is 0.0104. The van der Waals surface area contributed by atoms with Gasteiger partial charge in [-0.1, -0.05) is 0 Å². The fourth-order valence-electron chi connectivity index (χ4n) is 3.13. The molecule has 1 aromatic rings. The molecule has 0 aromatic carbocycles. The Kier molecular flexibility index (Phi) is 3.78. The number of carbonyl (C=O) groups excluding carboxylic acids is 1. The lowest BCUT2D eigenvalue weighted by atomic mass is 9.86. The second-order valence-corrected chi connectivity index (χ2v) is 6.95. The molecule has 1 atom stereocenters. The van der Waals surface area contributed by atoms with Crippen molar-refractivity contribution in [2.24, 2.45) is 5.92 Å². The lowest BCUT2D eigenvalue weighted by molar-refractivity contribution is -0.128. The summed E-state index contributed by atoms with van der Waals surface area (Å²) in [6.07, 6.45) is 4.93. The van der Waals surface area contributed by atoms with E-state index in [0.717, 1.165) is 49.2 Å². The van der Waals surface area contributed by atoms with Gasteiger partial charge in [-0.2, -0.15) is 0 Å². The molecule has 1 aromatic heterocycles. The average Bonchev–Trinajstić information content (AvgIpc) is 2.84. The Balaban J connectivity index is 1.68. The highest BCUT2D eigenvalue weighted by Crippen LogP contribution is 2.28. The molecule has 0 saturated carbocycles. The van der Waals surface area contributed by atoms with E-state index in [1.165, 1.54) is 0 Å². The largest absolute Gasteiger partial charge is 0.369 e. The summed E-state index contributed by atoms with van der Waals surface area (Å²) in [6, 6.07) is 0. The number of amides is 1. The second kappa shape index (κ2) is 5.44. The molecule has 2 aliphatic rings. The average molecular weight is 309 g/mol. The van der Waals surface area contributed by atoms with Crippen LogP contribution >= 0.6 is 11.6 Å². The topological polar surface area (TPSA) is 66.9 Å². The third-order valence-electron chi connectivity index (χ3n) is 4.37. The number of halogens is 1. The zero-order chi connectivity index (χ0) is 15.0. The van der Waals surface area contributed by atoms with E-state index >= 15 is 0 Å². The summed E-state index contributed by atoms with van der Waals surface area (Å²) < 4.78 is 0. The smallest absolute Gasteiger partial charge is 0.225 e. The van der Waals surface area contributed by atoms with Gasteiger partial charge in [-0.25, -0.2) is 9.97 Å². The Hall–Kier alpha value is -1.36. The molecule has 0 radical (unpaired) electrons. The van der Waals surface area contributed by atoms with Crippen molar-refractivity contribution in [2.45, 2.75) is 51.5 Å². The molecular formula is C15H21ClN4O. The Bertz CT molecular complexity index is 573. The highest BCUT2D eigenvalue weighted by Gasteiger charge is 2.32. The molecule has 5 nitrogen and oxygen atoms in total. The summed E-state index contributed by atoms with van der Waals surface area (Å²) in [6.45, 7) is 4.72. The Morgan fingerprint density at radius 1 is 1.38 bits per heavy atom. The van der Waals surface area contributed by atoms with Crippen LogP contribution in [0.4, 0.5) is 5.82 Å². The summed E-state index contributed by atoms with van der Waals surface area (Å²) in [5.74, 6) is 0.916. The van der Waals surface area contributed by atoms with E-state index in [-0.39, 0.29) is 22.6 Å². The number of fused-ring (bicyclic) bond motifs is 1. The fraction of sp³-hybridized carbons (Fsp3) is 0.667. The van der Waals surface area contributed by atoms with Gasteiger partial charge in [0.1, 0.15) is 5.82 Å². The first-order chi connectivity index (χ1) is 9.94. The van der Waals surface area contributed by atoms with Crippen molar-refractivity contribution in [3.63, 3.8) is 0 Å². The van der Waals surface area contributed by atoms with Gasteiger partial charge in [0.05, 0.1) is 11.6 Å². The predicted molar refractivity (Wildman–Crippen MR) is 82.5 cm³/mol. The molecule has 1 aliphatic heterocycles. The van der Waals surface area contributed by atoms with E-state index in [0.29, 0.717) is 6.54 Å². The lowest BCUT2D eigenvalue weighted by Crippen LogP contribution is -2.52. The summed E-state index contributed by atoms with van der Waals surface area (Å²) in [5, 5.41) is 6.67. The van der Waals surface area contributed by atoms with Crippen LogP contribution in [0.1, 0.15) is 44.4 Å². The van der Waals surface area contributed by atoms with Gasteiger partial charge >= 0.3 is 0 Å². The number of carbonyl (C=O) groups is 1. The number of aromatic nitrogens is 2. The number of anilines is 1. The van der Waals surface area contributed by atoms with Gasteiger partial charge in [0.2, 0.25) is 11.2 Å². The summed E-state index contributed by atoms with van der Waals surface area (Å²) in [7, 11) is 0. The van der Waals surface area contributed by atoms with Crippen LogP contribution in [0, 0.1) is 5.92 Å². The van der Waals surface area contributed by atoms with Crippen molar-refractivity contribution >= 4 is 23.3 Å². The number of aryl methyl sites for hydroxylation is 1. The van der Waals surface area contributed by atoms with E-state index in [4.69, 9.17) is 11.6 Å². The zero-order valence-electron chi connectivity index (χ0n) is 12.5. The van der Waals surface area contributed by atoms with Crippen molar-refractivity contribution < 1.29 is 4.79 Å². The standard InChI is InChI=1S/C15H21ClN4O/c1-15(2)7-6-9(13(21)20-15)8-17-12-10-4-3-5-11(10)18-14(16)19-12/h9H,3-8H2,1-2H3,(H,20,21)(H,17,18,19)/t9-/m0/s1. The first-order valence-corrected chi connectivity index (χ1v) is 7.93. The van der Waals surface area contributed by atoms with E-state index in [1.807, 2.05) is 0 Å². The van der Waals surface area contributed by atoms with Crippen LogP contribution in [0.2, 0.25) is 5.28 Å². The van der Waals surface area contributed by atoms with Crippen molar-refractivity contribution in [3.8, 4) is 0 Å². The number of rotatable bonds is 3. The van der Waals surface area contributed by atoms with Gasteiger partial charge in [-0.15, -0.1) is 0 Å². The van der Waals surface area contributed by atoms with Crippen LogP contribution in [-0.2, 0) is 17.6 Å². The molecule has 2 heterocycles. The van der Waals surface area contributed by atoms with Crippen molar-refractivity contribution in [2.75, 3.05) is 11.9 Å². The third-order valence-corrected chi connectivity index (χ3v) is 4.54. The van der Waals surface area contributed by atoms with E-state index < -0.39 is 0 Å². The summed E-state index contributed by atoms with van der Waals surface area (Å²) in [5.41, 5.74) is 2.12. The van der Waals surface area contributed by atoms with Crippen LogP contribution < -0.4 is 10.6 Å². The van der Waals surface area contributed by atoms with Crippen LogP contribution in [0.15, 0.2) is 0 Å². The monoisotopic (exact) mass is 308 g/mol. The second-order valence-electron chi connectivity index (χ2n) is 6.61. The molecule has 3 rings (SSSR count). The number of piperidine rings is 1. The van der Waals surface area contributed by atoms with Gasteiger partial charge < -0.3 is 10.6 Å². The SMILES string of the molecule is CC1(C)CC[C@@H](CNc2nc(Cl)nc3c2CCC3)C(=O)N1. The molecule has 1 aliphatic carbocycles. The minimum atomic E-state index is -0.0902. The molecular weight excluding hydrogens is 288 g/mol. The Labute approximate surface area is 129 Å². The van der Waals surface area contributed by atoms with E-state index in [9.17, 15) is 4.79 Å². The van der Waals surface area contributed by atoms with Gasteiger partial charge in [-0.05, 0) is 57.6 Å². The molecule has 21 heavy (non-hydrogen) atoms. The quantitative estimate of drug-likeness (QED) is 0.841. The maximum Gasteiger partial charge on any atom is 0.225 e. The molecule has 0 unspecified atom stereocenters. The van der Waals surface area contributed by atoms with E-state index in [1.54, 1.807) is 0 Å². The predicted octanol–water partition coefficient (Wildman–Crippen LogP) is 2.34. The molecule has 114 valence electrons. The normalized spacial score (nSPS) is 23.6. The van der Waals surface area contributed by atoms with Crippen molar-refractivity contribution in [3.05, 3.63) is 16.5 Å². The molecule has 0 bridgehead atoms. The van der Waals surface area contributed by atoms with Gasteiger partial charge in [0, 0.05) is 17.6 Å². The molecule has 0 spiro atoms. The Morgan fingerprint density at radius 2 is 2.19 bits per heavy atom. The number of nitrogens with zero attached hydrogens (tertiary/aromatic N) is 2. The summed E-state index contributed by atoms with van der Waals surface area (Å²) in [4.78, 5) is 20.7.